The fourth-order valence-electron chi connectivity index (χ4n) is 9.62. The summed E-state index contributed by atoms with van der Waals surface area (Å²) >= 11 is 0. The number of amides is 5. The SMILES string of the molecule is N=c1c2c(-c3ccccc3)c(-c3ccccc3)n(Cc3ccc(C(N)=O)c(CCOCCOCCNc4cccc5c4C(=O)N(C4CCC(=O)NC4=O)C5=O)c3)c2ncn1[C@H]1CC[C@H](O)CC1. The molecule has 16 nitrogen and oxygen atoms in total. The van der Waals surface area contributed by atoms with Gasteiger partial charge in [-0.25, -0.2) is 4.98 Å². The van der Waals surface area contributed by atoms with Crippen LogP contribution in [0.15, 0.2) is 103 Å². The van der Waals surface area contributed by atoms with Gasteiger partial charge in [0, 0.05) is 42.4 Å². The molecule has 2 aliphatic heterocycles. The standard InChI is InChI=1S/C51H52N8O8/c52-46-44-42(32-8-3-1-4-9-32)45(33-10-5-2-6-11-33)57(48(44)55-30-58(46)35-15-17-36(60)18-16-35)29-31-14-19-37(47(53)62)34(28-31)22-24-66-26-27-67-25-23-54-39-13-7-12-38-43(39)51(65)59(50(38)64)40-20-21-41(61)56-49(40)63/h1-14,19,28,30,35-36,40,52,54,60H,15-18,20-27,29H2,(H2,53,62)(H,56,61,63)/t35-,36-,40?. The van der Waals surface area contributed by atoms with Crippen LogP contribution in [-0.2, 0) is 32.0 Å². The number of benzene rings is 4. The summed E-state index contributed by atoms with van der Waals surface area (Å²) in [5, 5.41) is 26.0. The molecule has 1 saturated heterocycles. The highest BCUT2D eigenvalue weighted by molar-refractivity contribution is 6.25. The van der Waals surface area contributed by atoms with Crippen LogP contribution in [0.3, 0.4) is 0 Å². The normalized spacial score (nSPS) is 18.3. The van der Waals surface area contributed by atoms with Gasteiger partial charge in [-0.3, -0.25) is 39.6 Å². The minimum absolute atomic E-state index is 0.0412. The Balaban J connectivity index is 0.866. The maximum Gasteiger partial charge on any atom is 0.264 e. The number of nitrogens with zero attached hydrogens (tertiary/aromatic N) is 4. The number of hydrogen-bond acceptors (Lipinski definition) is 11. The zero-order valence-corrected chi connectivity index (χ0v) is 36.9. The van der Waals surface area contributed by atoms with Gasteiger partial charge in [0.05, 0.1) is 61.1 Å². The van der Waals surface area contributed by atoms with Gasteiger partial charge in [0.1, 0.15) is 17.2 Å². The van der Waals surface area contributed by atoms with E-state index in [-0.39, 0.29) is 55.9 Å². The smallest absolute Gasteiger partial charge is 0.264 e. The van der Waals surface area contributed by atoms with E-state index in [4.69, 9.17) is 20.2 Å². The molecule has 2 aromatic heterocycles. The van der Waals surface area contributed by atoms with Crippen molar-refractivity contribution < 1.29 is 38.6 Å². The maximum atomic E-state index is 13.4. The van der Waals surface area contributed by atoms with Crippen LogP contribution in [0, 0.1) is 5.41 Å². The molecule has 67 heavy (non-hydrogen) atoms. The Bertz CT molecular complexity index is 2920. The first-order chi connectivity index (χ1) is 32.6. The highest BCUT2D eigenvalue weighted by Crippen LogP contribution is 2.40. The van der Waals surface area contributed by atoms with E-state index in [0.29, 0.717) is 61.3 Å². The molecule has 0 spiro atoms. The molecule has 344 valence electrons. The van der Waals surface area contributed by atoms with Crippen LogP contribution in [0.5, 0.6) is 0 Å². The number of aliphatic hydroxyl groups is 1. The summed E-state index contributed by atoms with van der Waals surface area (Å²) in [6, 6.07) is 29.7. The van der Waals surface area contributed by atoms with Gasteiger partial charge in [-0.15, -0.1) is 0 Å². The predicted octanol–water partition coefficient (Wildman–Crippen LogP) is 5.36. The molecule has 1 unspecified atom stereocenters. The average Bonchev–Trinajstić information content (AvgIpc) is 3.80. The van der Waals surface area contributed by atoms with Gasteiger partial charge in [-0.2, -0.15) is 0 Å². The molecule has 0 radical (unpaired) electrons. The molecule has 1 atom stereocenters. The lowest BCUT2D eigenvalue weighted by Crippen LogP contribution is -2.54. The summed E-state index contributed by atoms with van der Waals surface area (Å²) in [6.07, 6.45) is 4.88. The van der Waals surface area contributed by atoms with E-state index in [1.165, 1.54) is 0 Å². The number of anilines is 1. The largest absolute Gasteiger partial charge is 0.393 e. The molecule has 3 aliphatic rings. The third-order valence-corrected chi connectivity index (χ3v) is 12.9. The number of primary amides is 1. The number of carbonyl (C=O) groups is 5. The van der Waals surface area contributed by atoms with Crippen molar-refractivity contribution in [3.05, 3.63) is 137 Å². The number of fused-ring (bicyclic) bond motifs is 2. The van der Waals surface area contributed by atoms with E-state index < -0.39 is 35.6 Å². The molecule has 16 heteroatoms. The molecule has 9 rings (SSSR count). The molecule has 2 fully saturated rings. The maximum absolute atomic E-state index is 13.4. The second-order valence-corrected chi connectivity index (χ2v) is 17.1. The van der Waals surface area contributed by atoms with Gasteiger partial charge in [0.15, 0.2) is 0 Å². The number of aromatic nitrogens is 3. The lowest BCUT2D eigenvalue weighted by molar-refractivity contribution is -0.136. The highest BCUT2D eigenvalue weighted by atomic mass is 16.5. The molecule has 5 amide bonds. The number of ether oxygens (including phenoxy) is 2. The molecule has 4 aromatic carbocycles. The molecule has 6 aromatic rings. The number of nitrogens with one attached hydrogen (secondary N) is 3. The number of aliphatic hydroxyl groups excluding tert-OH is 1. The van der Waals surface area contributed by atoms with Crippen molar-refractivity contribution in [2.75, 3.05) is 38.3 Å². The van der Waals surface area contributed by atoms with Gasteiger partial charge >= 0.3 is 0 Å². The summed E-state index contributed by atoms with van der Waals surface area (Å²) in [5.74, 6) is -2.80. The van der Waals surface area contributed by atoms with Crippen molar-refractivity contribution in [1.82, 2.24) is 24.3 Å². The fourth-order valence-corrected chi connectivity index (χ4v) is 9.62. The van der Waals surface area contributed by atoms with Crippen LogP contribution in [0.4, 0.5) is 5.69 Å². The zero-order chi connectivity index (χ0) is 46.6. The lowest BCUT2D eigenvalue weighted by Gasteiger charge is -2.27. The molecule has 6 N–H and O–H groups in total. The molecule has 4 heterocycles. The predicted molar refractivity (Wildman–Crippen MR) is 249 cm³/mol. The summed E-state index contributed by atoms with van der Waals surface area (Å²) in [7, 11) is 0. The minimum atomic E-state index is -1.05. The van der Waals surface area contributed by atoms with Crippen molar-refractivity contribution in [3.63, 3.8) is 0 Å². The second-order valence-electron chi connectivity index (χ2n) is 17.1. The van der Waals surface area contributed by atoms with E-state index >= 15 is 0 Å². The third-order valence-electron chi connectivity index (χ3n) is 12.9. The monoisotopic (exact) mass is 904 g/mol. The number of hydrogen-bond donors (Lipinski definition) is 5. The van der Waals surface area contributed by atoms with E-state index in [1.807, 2.05) is 53.1 Å². The molecule has 1 aliphatic carbocycles. The Morgan fingerprint density at radius 1 is 0.821 bits per heavy atom. The van der Waals surface area contributed by atoms with Gasteiger partial charge in [-0.1, -0.05) is 78.9 Å². The highest BCUT2D eigenvalue weighted by Gasteiger charge is 2.45. The van der Waals surface area contributed by atoms with Gasteiger partial charge in [0.25, 0.3) is 11.8 Å². The van der Waals surface area contributed by atoms with Gasteiger partial charge in [0.2, 0.25) is 17.7 Å². The summed E-state index contributed by atoms with van der Waals surface area (Å²) in [5.41, 5.74) is 13.6. The Labute approximate surface area is 386 Å². The number of piperidine rings is 1. The van der Waals surface area contributed by atoms with Crippen LogP contribution >= 0.6 is 0 Å². The first-order valence-corrected chi connectivity index (χ1v) is 22.7. The van der Waals surface area contributed by atoms with Crippen molar-refractivity contribution in [2.24, 2.45) is 5.73 Å². The first-order valence-electron chi connectivity index (χ1n) is 22.7. The Kier molecular flexibility index (Phi) is 13.2. The van der Waals surface area contributed by atoms with Crippen LogP contribution in [0.25, 0.3) is 33.4 Å². The second kappa shape index (κ2) is 19.7. The van der Waals surface area contributed by atoms with Crippen molar-refractivity contribution in [1.29, 1.82) is 5.41 Å². The van der Waals surface area contributed by atoms with Crippen molar-refractivity contribution in [2.45, 2.75) is 69.7 Å². The summed E-state index contributed by atoms with van der Waals surface area (Å²) in [6.45, 7) is 1.84. The Morgan fingerprint density at radius 2 is 1.54 bits per heavy atom. The lowest BCUT2D eigenvalue weighted by atomic mass is 9.93. The molecular formula is C51H52N8O8. The van der Waals surface area contributed by atoms with E-state index in [0.717, 1.165) is 56.6 Å². The van der Waals surface area contributed by atoms with E-state index in [9.17, 15) is 34.5 Å². The summed E-state index contributed by atoms with van der Waals surface area (Å²) < 4.78 is 15.9. The summed E-state index contributed by atoms with van der Waals surface area (Å²) in [4.78, 5) is 69.4. The Morgan fingerprint density at radius 3 is 2.25 bits per heavy atom. The van der Waals surface area contributed by atoms with Crippen LogP contribution < -0.4 is 21.9 Å². The van der Waals surface area contributed by atoms with Crippen molar-refractivity contribution in [3.8, 4) is 22.4 Å². The number of rotatable bonds is 17. The topological polar surface area (TPSA) is 224 Å². The quantitative estimate of drug-likeness (QED) is 0.0582. The van der Waals surface area contributed by atoms with Crippen molar-refractivity contribution >= 4 is 46.3 Å². The Hall–Kier alpha value is -7.27. The van der Waals surface area contributed by atoms with Crippen LogP contribution in [0.2, 0.25) is 0 Å². The number of imide groups is 2. The molecule has 0 bridgehead atoms. The molecular weight excluding hydrogens is 853 g/mol. The third kappa shape index (κ3) is 9.15. The number of nitrogens with two attached hydrogens (primary N) is 1. The van der Waals surface area contributed by atoms with Gasteiger partial charge < -0.3 is 34.8 Å². The van der Waals surface area contributed by atoms with E-state index in [2.05, 4.69) is 39.5 Å². The minimum Gasteiger partial charge on any atom is -0.393 e. The van der Waals surface area contributed by atoms with E-state index in [1.54, 1.807) is 30.6 Å². The van der Waals surface area contributed by atoms with Crippen LogP contribution in [0.1, 0.15) is 86.8 Å². The fraction of sp³-hybridized carbons (Fsp3) is 0.314. The zero-order valence-electron chi connectivity index (χ0n) is 36.9. The number of carbonyl (C=O) groups excluding carboxylic acids is 5. The van der Waals surface area contributed by atoms with Gasteiger partial charge in [-0.05, 0) is 79.0 Å². The average molecular weight is 905 g/mol. The molecule has 1 saturated carbocycles. The first kappa shape index (κ1) is 44.9. The van der Waals surface area contributed by atoms with Crippen LogP contribution in [-0.4, -0.2) is 98.8 Å².